The van der Waals surface area contributed by atoms with Gasteiger partial charge in [-0.25, -0.2) is 5.01 Å². The minimum Gasteiger partial charge on any atom is -0.497 e. The van der Waals surface area contributed by atoms with E-state index in [4.69, 9.17) is 24.0 Å². The van der Waals surface area contributed by atoms with Crippen molar-refractivity contribution in [1.82, 2.24) is 5.01 Å². The molecule has 34 heavy (non-hydrogen) atoms. The number of hydrogen-bond acceptors (Lipinski definition) is 6. The largest absolute Gasteiger partial charge is 0.497 e. The molecule has 2 aliphatic rings. The fourth-order valence-corrected chi connectivity index (χ4v) is 4.43. The first-order valence-electron chi connectivity index (χ1n) is 11.8. The van der Waals surface area contributed by atoms with Gasteiger partial charge in [-0.3, -0.25) is 0 Å². The molecule has 3 aromatic rings. The highest BCUT2D eigenvalue weighted by molar-refractivity contribution is 6.02. The summed E-state index contributed by atoms with van der Waals surface area (Å²) in [6.45, 7) is 2.89. The number of hydrogen-bond donors (Lipinski definition) is 0. The molecule has 0 saturated heterocycles. The molecule has 5 rings (SSSR count). The molecule has 0 N–H and O–H groups in total. The number of fused-ring (bicyclic) bond motifs is 3. The lowest BCUT2D eigenvalue weighted by molar-refractivity contribution is -0.0191. The Morgan fingerprint density at radius 1 is 0.912 bits per heavy atom. The summed E-state index contributed by atoms with van der Waals surface area (Å²) in [5.74, 6) is 3.38. The van der Waals surface area contributed by atoms with Crippen LogP contribution < -0.4 is 18.9 Å². The van der Waals surface area contributed by atoms with Crippen LogP contribution in [0.2, 0.25) is 0 Å². The van der Waals surface area contributed by atoms with E-state index in [0.717, 1.165) is 71.3 Å². The Kier molecular flexibility index (Phi) is 6.30. The summed E-state index contributed by atoms with van der Waals surface area (Å²) in [7, 11) is 3.36. The third kappa shape index (κ3) is 4.28. The molecule has 0 aromatic heterocycles. The topological polar surface area (TPSA) is 52.5 Å². The Balaban J connectivity index is 1.48. The van der Waals surface area contributed by atoms with Crippen molar-refractivity contribution < 1.29 is 18.9 Å². The molecule has 0 bridgehead atoms. The Morgan fingerprint density at radius 3 is 2.32 bits per heavy atom. The normalized spacial score (nSPS) is 18.4. The van der Waals surface area contributed by atoms with Gasteiger partial charge in [-0.2, -0.15) is 5.10 Å². The van der Waals surface area contributed by atoms with Crippen LogP contribution in [-0.2, 0) is 0 Å². The third-order valence-electron chi connectivity index (χ3n) is 6.35. The van der Waals surface area contributed by atoms with Gasteiger partial charge < -0.3 is 18.9 Å². The molecule has 2 aliphatic heterocycles. The zero-order valence-corrected chi connectivity index (χ0v) is 19.9. The van der Waals surface area contributed by atoms with Gasteiger partial charge in [-0.05, 0) is 78.7 Å². The van der Waals surface area contributed by atoms with E-state index >= 15 is 0 Å². The number of nitrogens with zero attached hydrogens (tertiary/aromatic N) is 2. The quantitative estimate of drug-likeness (QED) is 0.380. The summed E-state index contributed by atoms with van der Waals surface area (Å²) in [5, 5.41) is 7.12. The Morgan fingerprint density at radius 2 is 1.62 bits per heavy atom. The molecule has 176 valence electrons. The number of benzene rings is 3. The van der Waals surface area contributed by atoms with E-state index in [2.05, 4.69) is 42.3 Å². The van der Waals surface area contributed by atoms with Crippen molar-refractivity contribution in [2.45, 2.75) is 38.5 Å². The van der Waals surface area contributed by atoms with Crippen LogP contribution in [0.15, 0.2) is 71.8 Å². The summed E-state index contributed by atoms with van der Waals surface area (Å²) in [5.41, 5.74) is 4.23. The van der Waals surface area contributed by atoms with E-state index in [-0.39, 0.29) is 12.3 Å². The fourth-order valence-electron chi connectivity index (χ4n) is 4.43. The van der Waals surface area contributed by atoms with E-state index in [0.29, 0.717) is 0 Å². The second kappa shape index (κ2) is 9.67. The summed E-state index contributed by atoms with van der Waals surface area (Å²) >= 11 is 0. The Bertz CT molecular complexity index is 1160. The van der Waals surface area contributed by atoms with Crippen LogP contribution in [0.4, 0.5) is 0 Å². The molecule has 3 aromatic carbocycles. The van der Waals surface area contributed by atoms with Crippen molar-refractivity contribution in [3.63, 3.8) is 0 Å². The van der Waals surface area contributed by atoms with E-state index in [9.17, 15) is 0 Å². The smallest absolute Gasteiger partial charge is 0.213 e. The zero-order chi connectivity index (χ0) is 23.5. The van der Waals surface area contributed by atoms with Gasteiger partial charge in [0.05, 0.1) is 32.6 Å². The lowest BCUT2D eigenvalue weighted by Crippen LogP contribution is -2.33. The average molecular weight is 459 g/mol. The van der Waals surface area contributed by atoms with Gasteiger partial charge in [0.2, 0.25) is 6.23 Å². The molecule has 6 heteroatoms. The molecule has 0 aliphatic carbocycles. The molecule has 2 atom stereocenters. The SMILES string of the molecule is CCCCOc1ccc([C@@H]2Oc3ccc(OC)cc3[C@H]3CC(c4ccc(OC)cc4)=NN32)cc1. The number of rotatable bonds is 8. The van der Waals surface area contributed by atoms with Crippen LogP contribution in [-0.4, -0.2) is 31.5 Å². The zero-order valence-electron chi connectivity index (χ0n) is 19.9. The molecular formula is C28H30N2O4. The van der Waals surface area contributed by atoms with Gasteiger partial charge in [-0.1, -0.05) is 13.3 Å². The van der Waals surface area contributed by atoms with Crippen molar-refractivity contribution >= 4 is 5.71 Å². The monoisotopic (exact) mass is 458 g/mol. The predicted molar refractivity (Wildman–Crippen MR) is 132 cm³/mol. The Hall–Kier alpha value is -3.67. The van der Waals surface area contributed by atoms with Crippen LogP contribution in [0.25, 0.3) is 0 Å². The van der Waals surface area contributed by atoms with E-state index < -0.39 is 0 Å². The van der Waals surface area contributed by atoms with Crippen LogP contribution >= 0.6 is 0 Å². The van der Waals surface area contributed by atoms with Gasteiger partial charge in [0, 0.05) is 17.5 Å². The maximum atomic E-state index is 6.49. The second-order valence-electron chi connectivity index (χ2n) is 8.52. The van der Waals surface area contributed by atoms with Crippen LogP contribution in [0, 0.1) is 0 Å². The molecule has 0 saturated carbocycles. The lowest BCUT2D eigenvalue weighted by Gasteiger charge is -2.38. The molecule has 0 spiro atoms. The highest BCUT2D eigenvalue weighted by atomic mass is 16.5. The Labute approximate surface area is 200 Å². The molecular weight excluding hydrogens is 428 g/mol. The average Bonchev–Trinajstić information content (AvgIpc) is 3.34. The van der Waals surface area contributed by atoms with Crippen LogP contribution in [0.1, 0.15) is 55.1 Å². The minimum atomic E-state index is -0.327. The highest BCUT2D eigenvalue weighted by Gasteiger charge is 2.41. The van der Waals surface area contributed by atoms with Gasteiger partial charge in [0.25, 0.3) is 0 Å². The van der Waals surface area contributed by atoms with Crippen molar-refractivity contribution in [2.75, 3.05) is 20.8 Å². The first-order valence-corrected chi connectivity index (χ1v) is 11.8. The molecule has 0 radical (unpaired) electrons. The van der Waals surface area contributed by atoms with Crippen LogP contribution in [0.5, 0.6) is 23.0 Å². The molecule has 2 heterocycles. The van der Waals surface area contributed by atoms with Gasteiger partial charge >= 0.3 is 0 Å². The molecule has 0 amide bonds. The minimum absolute atomic E-state index is 0.0569. The number of methoxy groups -OCH3 is 2. The van der Waals surface area contributed by atoms with Crippen molar-refractivity contribution in [1.29, 1.82) is 0 Å². The van der Waals surface area contributed by atoms with E-state index in [1.54, 1.807) is 14.2 Å². The summed E-state index contributed by atoms with van der Waals surface area (Å²) in [6, 6.07) is 22.3. The summed E-state index contributed by atoms with van der Waals surface area (Å²) in [4.78, 5) is 0. The lowest BCUT2D eigenvalue weighted by atomic mass is 9.95. The predicted octanol–water partition coefficient (Wildman–Crippen LogP) is 6.13. The van der Waals surface area contributed by atoms with Gasteiger partial charge in [0.15, 0.2) is 0 Å². The first kappa shape index (κ1) is 22.1. The third-order valence-corrected chi connectivity index (χ3v) is 6.35. The second-order valence-corrected chi connectivity index (χ2v) is 8.52. The first-order chi connectivity index (χ1) is 16.7. The number of hydrazone groups is 1. The number of ether oxygens (including phenoxy) is 4. The van der Waals surface area contributed by atoms with Crippen molar-refractivity contribution in [3.05, 3.63) is 83.4 Å². The van der Waals surface area contributed by atoms with Gasteiger partial charge in [0.1, 0.15) is 23.0 Å². The van der Waals surface area contributed by atoms with Crippen molar-refractivity contribution in [2.24, 2.45) is 5.10 Å². The summed E-state index contributed by atoms with van der Waals surface area (Å²) in [6.07, 6.45) is 2.62. The van der Waals surface area contributed by atoms with Gasteiger partial charge in [-0.15, -0.1) is 0 Å². The maximum absolute atomic E-state index is 6.49. The molecule has 0 unspecified atom stereocenters. The van der Waals surface area contributed by atoms with E-state index in [1.165, 1.54) is 0 Å². The highest BCUT2D eigenvalue weighted by Crippen LogP contribution is 2.48. The maximum Gasteiger partial charge on any atom is 0.213 e. The summed E-state index contributed by atoms with van der Waals surface area (Å²) < 4.78 is 23.1. The van der Waals surface area contributed by atoms with E-state index in [1.807, 2.05) is 36.4 Å². The standard InChI is InChI=1S/C28H30N2O4/c1-4-5-16-33-22-12-8-20(9-13-22)28-30-26(24-17-23(32-3)14-15-27(24)34-28)18-25(29-30)19-6-10-21(31-2)11-7-19/h6-15,17,26,28H,4-5,16,18H2,1-3H3/t26-,28+/m1/s1. The van der Waals surface area contributed by atoms with Crippen molar-refractivity contribution in [3.8, 4) is 23.0 Å². The molecule has 0 fully saturated rings. The molecule has 6 nitrogen and oxygen atoms in total. The number of unbranched alkanes of at least 4 members (excludes halogenated alkanes) is 1. The fraction of sp³-hybridized carbons (Fsp3) is 0.321. The van der Waals surface area contributed by atoms with Crippen LogP contribution in [0.3, 0.4) is 0 Å².